The first-order valence-electron chi connectivity index (χ1n) is 3.99. The minimum absolute atomic E-state index is 0.556. The summed E-state index contributed by atoms with van der Waals surface area (Å²) in [6.07, 6.45) is 5.24. The van der Waals surface area contributed by atoms with Crippen LogP contribution in [-0.4, -0.2) is 20.7 Å². The van der Waals surface area contributed by atoms with Crippen molar-refractivity contribution in [1.29, 1.82) is 5.26 Å². The monoisotopic (exact) mass is 175 g/mol. The second-order valence-electron chi connectivity index (χ2n) is 2.72. The number of nitrogens with two attached hydrogens (primary N) is 1. The average Bonchev–Trinajstić information content (AvgIpc) is 2.68. The van der Waals surface area contributed by atoms with Crippen LogP contribution in [0.15, 0.2) is 18.6 Å². The zero-order valence-electron chi connectivity index (χ0n) is 7.01. The molecule has 66 valence electrons. The van der Waals surface area contributed by atoms with Crippen LogP contribution in [0.5, 0.6) is 0 Å². The van der Waals surface area contributed by atoms with E-state index in [-0.39, 0.29) is 0 Å². The molecule has 2 N–H and O–H groups in total. The molecular formula is C8H9N5. The van der Waals surface area contributed by atoms with E-state index in [4.69, 9.17) is 11.0 Å². The highest BCUT2D eigenvalue weighted by Gasteiger charge is 2.07. The van der Waals surface area contributed by atoms with Crippen molar-refractivity contribution in [3.8, 4) is 6.07 Å². The molecule has 0 aliphatic rings. The fraction of sp³-hybridized carbons (Fsp3) is 0.250. The van der Waals surface area contributed by atoms with Gasteiger partial charge in [-0.1, -0.05) is 0 Å². The number of nitriles is 1. The van der Waals surface area contributed by atoms with Gasteiger partial charge in [0.1, 0.15) is 11.6 Å². The zero-order chi connectivity index (χ0) is 9.26. The van der Waals surface area contributed by atoms with Crippen LogP contribution in [-0.2, 0) is 6.54 Å². The lowest BCUT2D eigenvalue weighted by atomic mass is 10.4. The molecule has 13 heavy (non-hydrogen) atoms. The molecule has 0 saturated heterocycles. The zero-order valence-corrected chi connectivity index (χ0v) is 7.01. The lowest BCUT2D eigenvalue weighted by molar-refractivity contribution is 0.729. The van der Waals surface area contributed by atoms with Crippen LogP contribution in [0.2, 0.25) is 0 Å². The molecule has 0 spiro atoms. The molecule has 5 heteroatoms. The Bertz CT molecular complexity index is 458. The fourth-order valence-electron chi connectivity index (χ4n) is 1.36. The van der Waals surface area contributed by atoms with E-state index in [9.17, 15) is 0 Å². The van der Waals surface area contributed by atoms with Crippen LogP contribution in [0.4, 0.5) is 0 Å². The topological polar surface area (TPSA) is 72.0 Å². The minimum Gasteiger partial charge on any atom is -0.329 e. The Balaban J connectivity index is 2.63. The van der Waals surface area contributed by atoms with Crippen LogP contribution in [0.25, 0.3) is 5.65 Å². The predicted octanol–water partition coefficient (Wildman–Crippen LogP) is -0.0338. The summed E-state index contributed by atoms with van der Waals surface area (Å²) in [6.45, 7) is 1.26. The molecule has 0 radical (unpaired) electrons. The van der Waals surface area contributed by atoms with E-state index >= 15 is 0 Å². The molecule has 0 amide bonds. The van der Waals surface area contributed by atoms with Crippen molar-refractivity contribution < 1.29 is 0 Å². The van der Waals surface area contributed by atoms with Gasteiger partial charge in [0.15, 0.2) is 5.65 Å². The Labute approximate surface area is 75.0 Å². The Morgan fingerprint density at radius 1 is 1.54 bits per heavy atom. The number of fused-ring (bicyclic) bond motifs is 1. The van der Waals surface area contributed by atoms with E-state index in [1.54, 1.807) is 10.7 Å². The molecule has 5 nitrogen and oxygen atoms in total. The summed E-state index contributed by atoms with van der Waals surface area (Å²) in [5.74, 6) is 0. The largest absolute Gasteiger partial charge is 0.329 e. The molecule has 0 aliphatic carbocycles. The van der Waals surface area contributed by atoms with E-state index in [1.807, 2.05) is 17.0 Å². The highest BCUT2D eigenvalue weighted by atomic mass is 15.3. The first-order chi connectivity index (χ1) is 6.36. The molecular weight excluding hydrogens is 166 g/mol. The van der Waals surface area contributed by atoms with Crippen molar-refractivity contribution in [2.75, 3.05) is 6.54 Å². The number of hydrogen-bond acceptors (Lipinski definition) is 3. The molecule has 0 saturated carbocycles. The third kappa shape index (κ3) is 1.08. The maximum atomic E-state index is 8.79. The molecule has 0 atom stereocenters. The molecule has 2 aromatic rings. The number of aromatic nitrogens is 3. The van der Waals surface area contributed by atoms with Gasteiger partial charge in [0.2, 0.25) is 0 Å². The third-order valence-corrected chi connectivity index (χ3v) is 1.92. The summed E-state index contributed by atoms with van der Waals surface area (Å²) >= 11 is 0. The molecule has 0 bridgehead atoms. The maximum absolute atomic E-state index is 8.79. The number of rotatable bonds is 2. The molecule has 2 aromatic heterocycles. The van der Waals surface area contributed by atoms with E-state index in [0.29, 0.717) is 18.7 Å². The van der Waals surface area contributed by atoms with Crippen molar-refractivity contribution in [1.82, 2.24) is 14.2 Å². The molecule has 0 aliphatic heterocycles. The van der Waals surface area contributed by atoms with Crippen LogP contribution in [0.3, 0.4) is 0 Å². The fourth-order valence-corrected chi connectivity index (χ4v) is 1.36. The number of imidazole rings is 1. The van der Waals surface area contributed by atoms with Gasteiger partial charge in [-0.15, -0.1) is 0 Å². The first-order valence-corrected chi connectivity index (χ1v) is 3.99. The second-order valence-corrected chi connectivity index (χ2v) is 2.72. The Kier molecular flexibility index (Phi) is 1.76. The lowest BCUT2D eigenvalue weighted by Gasteiger charge is -1.98. The Hall–Kier alpha value is -1.80. The van der Waals surface area contributed by atoms with Gasteiger partial charge in [0.25, 0.3) is 0 Å². The Morgan fingerprint density at radius 3 is 3.08 bits per heavy atom. The van der Waals surface area contributed by atoms with Gasteiger partial charge < -0.3 is 10.3 Å². The van der Waals surface area contributed by atoms with Crippen LogP contribution in [0, 0.1) is 11.3 Å². The standard InChI is InChI=1S/C8H9N5/c9-1-2-12-3-4-13-8(12)7(5-10)6-11-13/h3-4,6H,1-2,9H2. The SMILES string of the molecule is N#Cc1cnn2ccn(CCN)c12. The molecule has 0 aromatic carbocycles. The lowest BCUT2D eigenvalue weighted by Crippen LogP contribution is -2.09. The smallest absolute Gasteiger partial charge is 0.153 e. The van der Waals surface area contributed by atoms with E-state index in [1.165, 1.54) is 0 Å². The van der Waals surface area contributed by atoms with Gasteiger partial charge in [0, 0.05) is 25.5 Å². The van der Waals surface area contributed by atoms with Gasteiger partial charge >= 0.3 is 0 Å². The summed E-state index contributed by atoms with van der Waals surface area (Å²) in [5.41, 5.74) is 6.83. The maximum Gasteiger partial charge on any atom is 0.153 e. The summed E-state index contributed by atoms with van der Waals surface area (Å²) < 4.78 is 3.60. The molecule has 2 rings (SSSR count). The highest BCUT2D eigenvalue weighted by Crippen LogP contribution is 2.09. The van der Waals surface area contributed by atoms with Crippen LogP contribution in [0.1, 0.15) is 5.56 Å². The van der Waals surface area contributed by atoms with Crippen molar-refractivity contribution >= 4 is 5.65 Å². The van der Waals surface area contributed by atoms with Crippen LogP contribution >= 0.6 is 0 Å². The van der Waals surface area contributed by atoms with Crippen molar-refractivity contribution in [2.24, 2.45) is 5.73 Å². The van der Waals surface area contributed by atoms with Crippen LogP contribution < -0.4 is 5.73 Å². The summed E-state index contributed by atoms with van der Waals surface area (Å²) in [4.78, 5) is 0. The molecule has 2 heterocycles. The number of hydrogen-bond donors (Lipinski definition) is 1. The van der Waals surface area contributed by atoms with Crippen molar-refractivity contribution in [3.05, 3.63) is 24.2 Å². The summed E-state index contributed by atoms with van der Waals surface area (Å²) in [7, 11) is 0. The molecule has 0 unspecified atom stereocenters. The minimum atomic E-state index is 0.556. The summed E-state index contributed by atoms with van der Waals surface area (Å²) in [6, 6.07) is 2.09. The molecule has 0 fully saturated rings. The highest BCUT2D eigenvalue weighted by molar-refractivity contribution is 5.54. The quantitative estimate of drug-likeness (QED) is 0.696. The predicted molar refractivity (Wildman–Crippen MR) is 47.0 cm³/mol. The third-order valence-electron chi connectivity index (χ3n) is 1.92. The van der Waals surface area contributed by atoms with Gasteiger partial charge in [0.05, 0.1) is 6.20 Å². The second kappa shape index (κ2) is 2.92. The van der Waals surface area contributed by atoms with E-state index in [0.717, 1.165) is 5.65 Å². The van der Waals surface area contributed by atoms with Gasteiger partial charge in [-0.05, 0) is 0 Å². The first kappa shape index (κ1) is 7.83. The van der Waals surface area contributed by atoms with Crippen molar-refractivity contribution in [2.45, 2.75) is 6.54 Å². The average molecular weight is 175 g/mol. The summed E-state index contributed by atoms with van der Waals surface area (Å²) in [5, 5.41) is 12.8. The number of nitrogens with zero attached hydrogens (tertiary/aromatic N) is 4. The normalized spacial score (nSPS) is 10.5. The van der Waals surface area contributed by atoms with Crippen molar-refractivity contribution in [3.63, 3.8) is 0 Å². The van der Waals surface area contributed by atoms with Gasteiger partial charge in [-0.2, -0.15) is 10.4 Å². The van der Waals surface area contributed by atoms with E-state index in [2.05, 4.69) is 11.2 Å². The van der Waals surface area contributed by atoms with E-state index < -0.39 is 0 Å². The Morgan fingerprint density at radius 2 is 2.38 bits per heavy atom. The van der Waals surface area contributed by atoms with Gasteiger partial charge in [-0.25, -0.2) is 4.52 Å². The van der Waals surface area contributed by atoms with Gasteiger partial charge in [-0.3, -0.25) is 0 Å².